The third-order valence-corrected chi connectivity index (χ3v) is 3.86. The highest BCUT2D eigenvalue weighted by Crippen LogP contribution is 2.29. The summed E-state index contributed by atoms with van der Waals surface area (Å²) < 4.78 is 0. The third kappa shape index (κ3) is 3.10. The van der Waals surface area contributed by atoms with Crippen LogP contribution in [0.25, 0.3) is 0 Å². The molecule has 1 aliphatic carbocycles. The number of carboxylic acid groups (broad SMARTS) is 1. The van der Waals surface area contributed by atoms with Crippen LogP contribution in [0.1, 0.15) is 41.6 Å². The Hall–Kier alpha value is -2.04. The Kier molecular flexibility index (Phi) is 4.27. The minimum absolute atomic E-state index is 0.177. The number of benzene rings is 1. The molecule has 1 fully saturated rings. The van der Waals surface area contributed by atoms with Gasteiger partial charge in [-0.05, 0) is 43.5 Å². The van der Waals surface area contributed by atoms with Crippen LogP contribution in [-0.4, -0.2) is 29.6 Å². The summed E-state index contributed by atoms with van der Waals surface area (Å²) in [5, 5.41) is 9.06. The maximum Gasteiger partial charge on any atom is 0.335 e. The largest absolute Gasteiger partial charge is 0.478 e. The Labute approximate surface area is 118 Å². The zero-order valence-electron chi connectivity index (χ0n) is 11.6. The van der Waals surface area contributed by atoms with Gasteiger partial charge in [0.1, 0.15) is 0 Å². The van der Waals surface area contributed by atoms with Crippen molar-refractivity contribution in [1.82, 2.24) is 0 Å². The normalized spacial score (nSPS) is 15.2. The number of aryl methyl sites for hydroxylation is 1. The van der Waals surface area contributed by atoms with Crippen molar-refractivity contribution in [2.45, 2.75) is 38.6 Å². The lowest BCUT2D eigenvalue weighted by atomic mass is 10.1. The molecular weight excluding hydrogens is 256 g/mol. The Morgan fingerprint density at radius 3 is 2.50 bits per heavy atom. The number of carbonyl (C=O) groups excluding carboxylic acids is 1. The van der Waals surface area contributed by atoms with Crippen molar-refractivity contribution in [2.24, 2.45) is 5.73 Å². The second kappa shape index (κ2) is 5.94. The van der Waals surface area contributed by atoms with Crippen molar-refractivity contribution < 1.29 is 14.7 Å². The molecule has 5 heteroatoms. The van der Waals surface area contributed by atoms with E-state index in [0.717, 1.165) is 31.4 Å². The average molecular weight is 276 g/mol. The molecule has 0 unspecified atom stereocenters. The van der Waals surface area contributed by atoms with Crippen LogP contribution >= 0.6 is 0 Å². The van der Waals surface area contributed by atoms with Crippen LogP contribution in [0.2, 0.25) is 0 Å². The van der Waals surface area contributed by atoms with Crippen LogP contribution < -0.4 is 10.6 Å². The van der Waals surface area contributed by atoms with Crippen molar-refractivity contribution in [3.63, 3.8) is 0 Å². The molecule has 1 amide bonds. The number of anilines is 1. The molecule has 0 aromatic heterocycles. The lowest BCUT2D eigenvalue weighted by molar-refractivity contribution is -0.116. The molecule has 0 saturated heterocycles. The van der Waals surface area contributed by atoms with Gasteiger partial charge in [0.2, 0.25) is 5.91 Å². The van der Waals surface area contributed by atoms with E-state index in [0.29, 0.717) is 17.2 Å². The monoisotopic (exact) mass is 276 g/mol. The molecule has 20 heavy (non-hydrogen) atoms. The summed E-state index contributed by atoms with van der Waals surface area (Å²) in [7, 11) is 0. The van der Waals surface area contributed by atoms with Gasteiger partial charge in [-0.3, -0.25) is 4.79 Å². The maximum atomic E-state index is 11.3. The zero-order chi connectivity index (χ0) is 14.7. The first-order valence-corrected chi connectivity index (χ1v) is 6.88. The van der Waals surface area contributed by atoms with Gasteiger partial charge in [0, 0.05) is 11.7 Å². The van der Waals surface area contributed by atoms with Crippen LogP contribution in [0.5, 0.6) is 0 Å². The number of amides is 1. The van der Waals surface area contributed by atoms with Gasteiger partial charge in [0.05, 0.1) is 12.1 Å². The van der Waals surface area contributed by atoms with Gasteiger partial charge in [-0.2, -0.15) is 0 Å². The van der Waals surface area contributed by atoms with Gasteiger partial charge >= 0.3 is 5.97 Å². The highest BCUT2D eigenvalue weighted by molar-refractivity contribution is 5.90. The van der Waals surface area contributed by atoms with Crippen molar-refractivity contribution in [1.29, 1.82) is 0 Å². The van der Waals surface area contributed by atoms with E-state index in [1.165, 1.54) is 0 Å². The van der Waals surface area contributed by atoms with Crippen LogP contribution in [0.15, 0.2) is 18.2 Å². The molecule has 0 bridgehead atoms. The van der Waals surface area contributed by atoms with Gasteiger partial charge in [-0.15, -0.1) is 0 Å². The van der Waals surface area contributed by atoms with Gasteiger partial charge in [0.15, 0.2) is 0 Å². The molecule has 2 rings (SSSR count). The number of hydrogen-bond acceptors (Lipinski definition) is 3. The summed E-state index contributed by atoms with van der Waals surface area (Å²) >= 11 is 0. The second-order valence-corrected chi connectivity index (χ2v) is 5.34. The smallest absolute Gasteiger partial charge is 0.335 e. The van der Waals surface area contributed by atoms with Crippen molar-refractivity contribution in [3.05, 3.63) is 29.3 Å². The fraction of sp³-hybridized carbons (Fsp3) is 0.467. The van der Waals surface area contributed by atoms with Crippen LogP contribution in [0.3, 0.4) is 0 Å². The van der Waals surface area contributed by atoms with Crippen LogP contribution in [0, 0.1) is 6.92 Å². The predicted octanol–water partition coefficient (Wildman–Crippen LogP) is 1.93. The molecule has 1 aromatic rings. The summed E-state index contributed by atoms with van der Waals surface area (Å²) in [5.41, 5.74) is 7.20. The number of nitrogens with two attached hydrogens (primary N) is 1. The highest BCUT2D eigenvalue weighted by atomic mass is 16.4. The topological polar surface area (TPSA) is 83.6 Å². The fourth-order valence-electron chi connectivity index (χ4n) is 2.88. The molecule has 1 aromatic carbocycles. The second-order valence-electron chi connectivity index (χ2n) is 5.34. The van der Waals surface area contributed by atoms with Crippen LogP contribution in [-0.2, 0) is 4.79 Å². The predicted molar refractivity (Wildman–Crippen MR) is 76.9 cm³/mol. The molecule has 0 heterocycles. The lowest BCUT2D eigenvalue weighted by Gasteiger charge is -2.30. The summed E-state index contributed by atoms with van der Waals surface area (Å²) in [5.74, 6) is -1.30. The minimum atomic E-state index is -0.934. The quantitative estimate of drug-likeness (QED) is 0.860. The first-order valence-electron chi connectivity index (χ1n) is 6.88. The van der Waals surface area contributed by atoms with E-state index in [-0.39, 0.29) is 12.5 Å². The molecule has 1 saturated carbocycles. The zero-order valence-corrected chi connectivity index (χ0v) is 11.6. The Morgan fingerprint density at radius 1 is 1.35 bits per heavy atom. The number of rotatable bonds is 5. The molecule has 108 valence electrons. The van der Waals surface area contributed by atoms with Gasteiger partial charge in [-0.25, -0.2) is 4.79 Å². The first kappa shape index (κ1) is 14.4. The molecule has 0 aliphatic heterocycles. The Balaban J connectivity index is 2.30. The summed E-state index contributed by atoms with van der Waals surface area (Å²) in [6, 6.07) is 5.50. The van der Waals surface area contributed by atoms with E-state index in [4.69, 9.17) is 10.8 Å². The Bertz CT molecular complexity index is 522. The highest BCUT2D eigenvalue weighted by Gasteiger charge is 2.24. The summed E-state index contributed by atoms with van der Waals surface area (Å²) in [4.78, 5) is 24.3. The number of hydrogen-bond donors (Lipinski definition) is 2. The molecule has 1 aliphatic rings. The molecule has 0 radical (unpaired) electrons. The summed E-state index contributed by atoms with van der Waals surface area (Å²) in [6.07, 6.45) is 4.41. The van der Waals surface area contributed by atoms with E-state index >= 15 is 0 Å². The molecule has 5 nitrogen and oxygen atoms in total. The van der Waals surface area contributed by atoms with Gasteiger partial charge in [-0.1, -0.05) is 12.8 Å². The van der Waals surface area contributed by atoms with E-state index in [1.54, 1.807) is 19.1 Å². The molecule has 3 N–H and O–H groups in total. The molecule has 0 spiro atoms. The minimum Gasteiger partial charge on any atom is -0.478 e. The van der Waals surface area contributed by atoms with E-state index in [2.05, 4.69) is 0 Å². The van der Waals surface area contributed by atoms with Gasteiger partial charge < -0.3 is 15.7 Å². The van der Waals surface area contributed by atoms with E-state index in [1.807, 2.05) is 11.0 Å². The van der Waals surface area contributed by atoms with E-state index < -0.39 is 5.97 Å². The van der Waals surface area contributed by atoms with Crippen molar-refractivity contribution in [2.75, 3.05) is 11.4 Å². The van der Waals surface area contributed by atoms with Gasteiger partial charge in [0.25, 0.3) is 0 Å². The van der Waals surface area contributed by atoms with Crippen molar-refractivity contribution >= 4 is 17.6 Å². The Morgan fingerprint density at radius 2 is 2.00 bits per heavy atom. The fourth-order valence-corrected chi connectivity index (χ4v) is 2.88. The maximum absolute atomic E-state index is 11.3. The summed E-state index contributed by atoms with van der Waals surface area (Å²) in [6.45, 7) is 1.95. The van der Waals surface area contributed by atoms with Crippen LogP contribution in [0.4, 0.5) is 5.69 Å². The van der Waals surface area contributed by atoms with Crippen molar-refractivity contribution in [3.8, 4) is 0 Å². The average Bonchev–Trinajstić information content (AvgIpc) is 2.88. The number of primary amides is 1. The lowest BCUT2D eigenvalue weighted by Crippen LogP contribution is -2.40. The third-order valence-electron chi connectivity index (χ3n) is 3.86. The first-order chi connectivity index (χ1) is 9.49. The SMILES string of the molecule is Cc1cc(N(CC(N)=O)C2CCCC2)ccc1C(=O)O. The standard InChI is InChI=1S/C15H20N2O3/c1-10-8-12(6-7-13(10)15(19)20)17(9-14(16)18)11-4-2-3-5-11/h6-8,11H,2-5,9H2,1H3,(H2,16,18)(H,19,20). The van der Waals surface area contributed by atoms with E-state index in [9.17, 15) is 9.59 Å². The number of aromatic carboxylic acids is 1. The number of nitrogens with zero attached hydrogens (tertiary/aromatic N) is 1. The molecular formula is C15H20N2O3. The molecule has 0 atom stereocenters. The number of carbonyl (C=O) groups is 2. The number of carboxylic acids is 1.